The Morgan fingerprint density at radius 3 is 2.75 bits per heavy atom. The molecule has 1 aliphatic heterocycles. The number of hydrogen-bond donors (Lipinski definition) is 1. The summed E-state index contributed by atoms with van der Waals surface area (Å²) in [4.78, 5) is 6.45. The van der Waals surface area contributed by atoms with Gasteiger partial charge < -0.3 is 14.6 Å². The number of imidazole rings is 1. The Bertz CT molecular complexity index is 668. The molecule has 2 atom stereocenters. The molecule has 0 amide bonds. The van der Waals surface area contributed by atoms with Gasteiger partial charge >= 0.3 is 0 Å². The normalized spacial score (nSPS) is 20.2. The van der Waals surface area contributed by atoms with E-state index in [0.717, 1.165) is 38.2 Å². The molecule has 2 heterocycles. The van der Waals surface area contributed by atoms with Crippen LogP contribution in [0.3, 0.4) is 0 Å². The molecule has 2 unspecified atom stereocenters. The van der Waals surface area contributed by atoms with Gasteiger partial charge in [-0.3, -0.25) is 0 Å². The van der Waals surface area contributed by atoms with Crippen molar-refractivity contribution in [3.63, 3.8) is 0 Å². The molecule has 2 aromatic rings. The van der Waals surface area contributed by atoms with E-state index in [9.17, 15) is 13.9 Å². The number of aliphatic hydroxyl groups excluding tert-OH is 1. The van der Waals surface area contributed by atoms with Gasteiger partial charge in [0.1, 0.15) is 17.5 Å². The van der Waals surface area contributed by atoms with Crippen molar-refractivity contribution in [3.8, 4) is 0 Å². The van der Waals surface area contributed by atoms with Crippen LogP contribution in [0.5, 0.6) is 0 Å². The van der Waals surface area contributed by atoms with E-state index in [4.69, 9.17) is 0 Å². The second-order valence-corrected chi connectivity index (χ2v) is 6.58. The molecule has 3 rings (SSSR count). The monoisotopic (exact) mass is 335 g/mol. The molecule has 1 saturated heterocycles. The minimum Gasteiger partial charge on any atom is -0.387 e. The van der Waals surface area contributed by atoms with Gasteiger partial charge in [-0.05, 0) is 37.4 Å². The van der Waals surface area contributed by atoms with Gasteiger partial charge in [0.25, 0.3) is 0 Å². The lowest BCUT2D eigenvalue weighted by Gasteiger charge is -2.34. The summed E-state index contributed by atoms with van der Waals surface area (Å²) in [5.41, 5.74) is -0.233. The van der Waals surface area contributed by atoms with Gasteiger partial charge in [-0.2, -0.15) is 0 Å². The number of rotatable bonds is 5. The van der Waals surface area contributed by atoms with Crippen molar-refractivity contribution in [2.24, 2.45) is 13.0 Å². The quantitative estimate of drug-likeness (QED) is 0.913. The molecule has 6 heteroatoms. The Kier molecular flexibility index (Phi) is 5.26. The molecule has 0 saturated carbocycles. The van der Waals surface area contributed by atoms with Crippen molar-refractivity contribution in [2.75, 3.05) is 19.6 Å². The molecule has 1 fully saturated rings. The van der Waals surface area contributed by atoms with Crippen LogP contribution in [0.15, 0.2) is 30.6 Å². The maximum atomic E-state index is 13.8. The van der Waals surface area contributed by atoms with Crippen molar-refractivity contribution < 1.29 is 13.9 Å². The maximum Gasteiger partial charge on any atom is 0.131 e. The standard InChI is InChI=1S/C18H23F2N3O/c1-22-9-7-21-17(22)10-13-4-3-8-23(11-13)12-16(24)18-14(19)5-2-6-15(18)20/h2,5-7,9,13,16,24H,3-4,8,10-12H2,1H3. The number of nitrogens with zero attached hydrogens (tertiary/aromatic N) is 3. The van der Waals surface area contributed by atoms with E-state index in [1.165, 1.54) is 18.2 Å². The van der Waals surface area contributed by atoms with E-state index in [1.54, 1.807) is 6.20 Å². The summed E-state index contributed by atoms with van der Waals surface area (Å²) in [6, 6.07) is 3.67. The molecule has 0 spiro atoms. The lowest BCUT2D eigenvalue weighted by atomic mass is 9.94. The van der Waals surface area contributed by atoms with Crippen LogP contribution in [-0.2, 0) is 13.5 Å². The molecule has 24 heavy (non-hydrogen) atoms. The SMILES string of the molecule is Cn1ccnc1CC1CCCN(CC(O)c2c(F)cccc2F)C1. The molecule has 1 aromatic heterocycles. The summed E-state index contributed by atoms with van der Waals surface area (Å²) in [6.07, 6.45) is 5.57. The van der Waals surface area contributed by atoms with Gasteiger partial charge in [0.15, 0.2) is 0 Å². The third-order valence-corrected chi connectivity index (χ3v) is 4.76. The van der Waals surface area contributed by atoms with E-state index in [-0.39, 0.29) is 12.1 Å². The predicted octanol–water partition coefficient (Wildman–Crippen LogP) is 2.69. The van der Waals surface area contributed by atoms with E-state index >= 15 is 0 Å². The van der Waals surface area contributed by atoms with Crippen LogP contribution in [0, 0.1) is 17.6 Å². The van der Waals surface area contributed by atoms with Crippen molar-refractivity contribution in [3.05, 3.63) is 53.6 Å². The zero-order chi connectivity index (χ0) is 17.1. The molecule has 1 aromatic carbocycles. The smallest absolute Gasteiger partial charge is 0.131 e. The van der Waals surface area contributed by atoms with Crippen molar-refractivity contribution in [1.29, 1.82) is 0 Å². The number of aromatic nitrogens is 2. The lowest BCUT2D eigenvalue weighted by molar-refractivity contribution is 0.0795. The third-order valence-electron chi connectivity index (χ3n) is 4.76. The highest BCUT2D eigenvalue weighted by Gasteiger charge is 2.25. The molecule has 0 radical (unpaired) electrons. The first-order chi connectivity index (χ1) is 11.5. The maximum absolute atomic E-state index is 13.8. The minimum absolute atomic E-state index is 0.233. The van der Waals surface area contributed by atoms with Gasteiger partial charge in [0.2, 0.25) is 0 Å². The van der Waals surface area contributed by atoms with E-state index in [0.29, 0.717) is 5.92 Å². The molecule has 130 valence electrons. The van der Waals surface area contributed by atoms with Crippen molar-refractivity contribution >= 4 is 0 Å². The zero-order valence-corrected chi connectivity index (χ0v) is 13.8. The highest BCUT2D eigenvalue weighted by atomic mass is 19.1. The number of aryl methyl sites for hydroxylation is 1. The number of aliphatic hydroxyl groups is 1. The van der Waals surface area contributed by atoms with Crippen LogP contribution in [0.1, 0.15) is 30.3 Å². The fraction of sp³-hybridized carbons (Fsp3) is 0.500. The average Bonchev–Trinajstić information content (AvgIpc) is 2.92. The number of hydrogen-bond acceptors (Lipinski definition) is 3. The molecular formula is C18H23F2N3O. The number of piperidine rings is 1. The summed E-state index contributed by atoms with van der Waals surface area (Å²) >= 11 is 0. The van der Waals surface area contributed by atoms with Crippen molar-refractivity contribution in [2.45, 2.75) is 25.4 Å². The lowest BCUT2D eigenvalue weighted by Crippen LogP contribution is -2.39. The van der Waals surface area contributed by atoms with Gasteiger partial charge in [0, 0.05) is 39.0 Å². The van der Waals surface area contributed by atoms with Crippen LogP contribution in [0.4, 0.5) is 8.78 Å². The first-order valence-electron chi connectivity index (χ1n) is 8.35. The Labute approximate surface area is 140 Å². The summed E-state index contributed by atoms with van der Waals surface area (Å²) in [5, 5.41) is 10.3. The second-order valence-electron chi connectivity index (χ2n) is 6.58. The summed E-state index contributed by atoms with van der Waals surface area (Å²) in [5.74, 6) is 0.105. The van der Waals surface area contributed by atoms with Gasteiger partial charge in [-0.25, -0.2) is 13.8 Å². The topological polar surface area (TPSA) is 41.3 Å². The zero-order valence-electron chi connectivity index (χ0n) is 13.8. The van der Waals surface area contributed by atoms with Crippen LogP contribution in [-0.4, -0.2) is 39.2 Å². The molecule has 0 aliphatic carbocycles. The fourth-order valence-electron chi connectivity index (χ4n) is 3.50. The molecule has 1 N–H and O–H groups in total. The Morgan fingerprint density at radius 1 is 1.33 bits per heavy atom. The van der Waals surface area contributed by atoms with Crippen LogP contribution < -0.4 is 0 Å². The van der Waals surface area contributed by atoms with Crippen LogP contribution >= 0.6 is 0 Å². The fourth-order valence-corrected chi connectivity index (χ4v) is 3.50. The molecule has 0 bridgehead atoms. The summed E-state index contributed by atoms with van der Waals surface area (Å²) < 4.78 is 29.6. The number of likely N-dealkylation sites (tertiary alicyclic amines) is 1. The number of halogens is 2. The first kappa shape index (κ1) is 17.0. The second kappa shape index (κ2) is 7.40. The van der Waals surface area contributed by atoms with E-state index in [2.05, 4.69) is 9.88 Å². The number of benzene rings is 1. The highest BCUT2D eigenvalue weighted by Crippen LogP contribution is 2.25. The van der Waals surface area contributed by atoms with Crippen LogP contribution in [0.2, 0.25) is 0 Å². The largest absolute Gasteiger partial charge is 0.387 e. The van der Waals surface area contributed by atoms with Gasteiger partial charge in [-0.1, -0.05) is 6.07 Å². The Morgan fingerprint density at radius 2 is 2.08 bits per heavy atom. The highest BCUT2D eigenvalue weighted by molar-refractivity contribution is 5.22. The summed E-state index contributed by atoms with van der Waals surface area (Å²) in [6.45, 7) is 1.89. The minimum atomic E-state index is -1.15. The van der Waals surface area contributed by atoms with E-state index in [1.807, 2.05) is 17.8 Å². The molecule has 4 nitrogen and oxygen atoms in total. The predicted molar refractivity (Wildman–Crippen MR) is 87.4 cm³/mol. The molecule has 1 aliphatic rings. The first-order valence-corrected chi connectivity index (χ1v) is 8.35. The van der Waals surface area contributed by atoms with Crippen LogP contribution in [0.25, 0.3) is 0 Å². The van der Waals surface area contributed by atoms with E-state index < -0.39 is 17.7 Å². The van der Waals surface area contributed by atoms with Gasteiger partial charge in [0.05, 0.1) is 11.7 Å². The summed E-state index contributed by atoms with van der Waals surface area (Å²) in [7, 11) is 1.98. The average molecular weight is 335 g/mol. The third kappa shape index (κ3) is 3.82. The molecular weight excluding hydrogens is 312 g/mol. The van der Waals surface area contributed by atoms with Gasteiger partial charge in [-0.15, -0.1) is 0 Å². The number of β-amino-alcohol motifs (C(OH)–C–C–N with tert-alkyl or cyclic N) is 1. The Hall–Kier alpha value is -1.79. The Balaban J connectivity index is 1.62. The van der Waals surface area contributed by atoms with Crippen molar-refractivity contribution in [1.82, 2.24) is 14.5 Å².